The molecule has 0 aliphatic carbocycles. The van der Waals surface area contributed by atoms with Crippen LogP contribution in [0.15, 0.2) is 102 Å². The SMILES string of the molecule is O=C(NC(=S)Nc1ccc(N2CCN(C(=O)c3ccco3)CC2)cc1)c1ccc(OCc2ccccc2)cc1. The van der Waals surface area contributed by atoms with E-state index in [4.69, 9.17) is 21.4 Å². The molecule has 9 heteroatoms. The molecule has 0 radical (unpaired) electrons. The predicted octanol–water partition coefficient (Wildman–Crippen LogP) is 4.95. The smallest absolute Gasteiger partial charge is 0.289 e. The van der Waals surface area contributed by atoms with Crippen LogP contribution in [0.1, 0.15) is 26.5 Å². The minimum absolute atomic E-state index is 0.0814. The van der Waals surface area contributed by atoms with Crippen LogP contribution in [0.4, 0.5) is 11.4 Å². The van der Waals surface area contributed by atoms with Gasteiger partial charge < -0.3 is 24.3 Å². The summed E-state index contributed by atoms with van der Waals surface area (Å²) in [6, 6.07) is 28.0. The Morgan fingerprint density at radius 2 is 1.56 bits per heavy atom. The molecule has 8 nitrogen and oxygen atoms in total. The number of carbonyl (C=O) groups excluding carboxylic acids is 2. The van der Waals surface area contributed by atoms with E-state index in [1.807, 2.05) is 54.6 Å². The van der Waals surface area contributed by atoms with Crippen molar-refractivity contribution in [1.29, 1.82) is 0 Å². The minimum Gasteiger partial charge on any atom is -0.489 e. The van der Waals surface area contributed by atoms with Gasteiger partial charge in [0.1, 0.15) is 12.4 Å². The van der Waals surface area contributed by atoms with Crippen molar-refractivity contribution >= 4 is 40.5 Å². The molecule has 0 unspecified atom stereocenters. The number of thiocarbonyl (C=S) groups is 1. The lowest BCUT2D eigenvalue weighted by molar-refractivity contribution is 0.0714. The summed E-state index contributed by atoms with van der Waals surface area (Å²) >= 11 is 5.34. The maximum atomic E-state index is 12.6. The highest BCUT2D eigenvalue weighted by atomic mass is 32.1. The molecule has 2 N–H and O–H groups in total. The molecule has 0 bridgehead atoms. The van der Waals surface area contributed by atoms with Crippen LogP contribution < -0.4 is 20.3 Å². The molecular weight excluding hydrogens is 512 g/mol. The molecular formula is C30H28N4O4S. The highest BCUT2D eigenvalue weighted by Gasteiger charge is 2.23. The number of nitrogens with one attached hydrogen (secondary N) is 2. The number of piperazine rings is 1. The van der Waals surface area contributed by atoms with E-state index in [0.717, 1.165) is 30.0 Å². The number of benzene rings is 3. The summed E-state index contributed by atoms with van der Waals surface area (Å²) in [6.45, 7) is 3.15. The van der Waals surface area contributed by atoms with Crippen molar-refractivity contribution in [3.63, 3.8) is 0 Å². The second-order valence-corrected chi connectivity index (χ2v) is 9.42. The Morgan fingerprint density at radius 1 is 0.846 bits per heavy atom. The molecule has 1 aliphatic heterocycles. The molecule has 0 spiro atoms. The number of amides is 2. The summed E-state index contributed by atoms with van der Waals surface area (Å²) in [5, 5.41) is 5.98. The second-order valence-electron chi connectivity index (χ2n) is 9.01. The molecule has 39 heavy (non-hydrogen) atoms. The maximum Gasteiger partial charge on any atom is 0.289 e. The van der Waals surface area contributed by atoms with Crippen molar-refractivity contribution < 1.29 is 18.7 Å². The molecule has 1 aliphatic rings. The first-order valence-electron chi connectivity index (χ1n) is 12.6. The van der Waals surface area contributed by atoms with E-state index in [9.17, 15) is 9.59 Å². The van der Waals surface area contributed by atoms with Crippen LogP contribution in [0, 0.1) is 0 Å². The summed E-state index contributed by atoms with van der Waals surface area (Å²) < 4.78 is 11.0. The zero-order valence-electron chi connectivity index (χ0n) is 21.2. The normalized spacial score (nSPS) is 13.0. The zero-order chi connectivity index (χ0) is 27.0. The summed E-state index contributed by atoms with van der Waals surface area (Å²) in [5.74, 6) is 0.663. The van der Waals surface area contributed by atoms with Crippen LogP contribution in [0.25, 0.3) is 0 Å². The molecule has 4 aromatic rings. The van der Waals surface area contributed by atoms with E-state index in [1.165, 1.54) is 6.26 Å². The Kier molecular flexibility index (Phi) is 8.18. The van der Waals surface area contributed by atoms with E-state index in [0.29, 0.717) is 36.8 Å². The van der Waals surface area contributed by atoms with Crippen molar-refractivity contribution in [2.75, 3.05) is 36.4 Å². The van der Waals surface area contributed by atoms with E-state index in [1.54, 1.807) is 41.3 Å². The van der Waals surface area contributed by atoms with Crippen molar-refractivity contribution in [3.8, 4) is 5.75 Å². The summed E-state index contributed by atoms with van der Waals surface area (Å²) in [4.78, 5) is 29.1. The van der Waals surface area contributed by atoms with Crippen LogP contribution in [0.3, 0.4) is 0 Å². The van der Waals surface area contributed by atoms with Crippen LogP contribution >= 0.6 is 12.2 Å². The molecule has 1 saturated heterocycles. The lowest BCUT2D eigenvalue weighted by Gasteiger charge is -2.35. The van der Waals surface area contributed by atoms with Gasteiger partial charge in [0.15, 0.2) is 10.9 Å². The fraction of sp³-hybridized carbons (Fsp3) is 0.167. The second kappa shape index (κ2) is 12.3. The van der Waals surface area contributed by atoms with E-state index >= 15 is 0 Å². The van der Waals surface area contributed by atoms with Gasteiger partial charge in [0.2, 0.25) is 0 Å². The quantitative estimate of drug-likeness (QED) is 0.321. The summed E-state index contributed by atoms with van der Waals surface area (Å²) in [7, 11) is 0. The Hall–Kier alpha value is -4.63. The number of anilines is 2. The largest absolute Gasteiger partial charge is 0.489 e. The van der Waals surface area contributed by atoms with Gasteiger partial charge in [-0.3, -0.25) is 14.9 Å². The molecule has 2 amide bonds. The number of nitrogens with zero attached hydrogens (tertiary/aromatic N) is 2. The first-order chi connectivity index (χ1) is 19.0. The Morgan fingerprint density at radius 3 is 2.23 bits per heavy atom. The molecule has 1 fully saturated rings. The van der Waals surface area contributed by atoms with Gasteiger partial charge in [-0.15, -0.1) is 0 Å². The Bertz CT molecular complexity index is 1400. The van der Waals surface area contributed by atoms with Gasteiger partial charge in [-0.1, -0.05) is 30.3 Å². The van der Waals surface area contributed by atoms with Gasteiger partial charge >= 0.3 is 0 Å². The highest BCUT2D eigenvalue weighted by Crippen LogP contribution is 2.21. The third-order valence-electron chi connectivity index (χ3n) is 6.38. The molecule has 5 rings (SSSR count). The van der Waals surface area contributed by atoms with Crippen LogP contribution in [0.5, 0.6) is 5.75 Å². The van der Waals surface area contributed by atoms with E-state index in [2.05, 4.69) is 15.5 Å². The fourth-order valence-corrected chi connectivity index (χ4v) is 4.47. The molecule has 3 aromatic carbocycles. The third-order valence-corrected chi connectivity index (χ3v) is 6.59. The first kappa shape index (κ1) is 26.0. The number of hydrogen-bond acceptors (Lipinski definition) is 6. The Labute approximate surface area is 232 Å². The van der Waals surface area contributed by atoms with Gasteiger partial charge in [0.05, 0.1) is 6.26 Å². The van der Waals surface area contributed by atoms with Crippen molar-refractivity contribution in [2.45, 2.75) is 6.61 Å². The average molecular weight is 541 g/mol. The first-order valence-corrected chi connectivity index (χ1v) is 13.0. The molecule has 198 valence electrons. The van der Waals surface area contributed by atoms with Crippen molar-refractivity contribution in [3.05, 3.63) is 114 Å². The number of ether oxygens (including phenoxy) is 1. The van der Waals surface area contributed by atoms with E-state index in [-0.39, 0.29) is 16.9 Å². The summed E-state index contributed by atoms with van der Waals surface area (Å²) in [6.07, 6.45) is 1.51. The van der Waals surface area contributed by atoms with Crippen LogP contribution in [0.2, 0.25) is 0 Å². The predicted molar refractivity (Wildman–Crippen MR) is 154 cm³/mol. The molecule has 2 heterocycles. The van der Waals surface area contributed by atoms with Gasteiger partial charge in [0, 0.05) is 43.1 Å². The monoisotopic (exact) mass is 540 g/mol. The highest BCUT2D eigenvalue weighted by molar-refractivity contribution is 7.80. The molecule has 0 saturated carbocycles. The lowest BCUT2D eigenvalue weighted by Crippen LogP contribution is -2.48. The maximum absolute atomic E-state index is 12.6. The van der Waals surface area contributed by atoms with Gasteiger partial charge in [-0.2, -0.15) is 0 Å². The van der Waals surface area contributed by atoms with Crippen molar-refractivity contribution in [2.24, 2.45) is 0 Å². The number of furan rings is 1. The average Bonchev–Trinajstić information content (AvgIpc) is 3.52. The summed E-state index contributed by atoms with van der Waals surface area (Å²) in [5.41, 5.74) is 3.37. The van der Waals surface area contributed by atoms with Gasteiger partial charge in [-0.05, 0) is 78.4 Å². The Balaban J connectivity index is 1.07. The molecule has 0 atom stereocenters. The number of hydrogen-bond donors (Lipinski definition) is 2. The van der Waals surface area contributed by atoms with Crippen LogP contribution in [-0.2, 0) is 6.61 Å². The number of carbonyl (C=O) groups is 2. The van der Waals surface area contributed by atoms with Gasteiger partial charge in [-0.25, -0.2) is 0 Å². The van der Waals surface area contributed by atoms with Crippen LogP contribution in [-0.4, -0.2) is 48.0 Å². The number of rotatable bonds is 7. The minimum atomic E-state index is -0.305. The zero-order valence-corrected chi connectivity index (χ0v) is 22.0. The topological polar surface area (TPSA) is 87.1 Å². The molecule has 1 aromatic heterocycles. The lowest BCUT2D eigenvalue weighted by atomic mass is 10.2. The fourth-order valence-electron chi connectivity index (χ4n) is 4.26. The van der Waals surface area contributed by atoms with Gasteiger partial charge in [0.25, 0.3) is 11.8 Å². The van der Waals surface area contributed by atoms with Crippen molar-refractivity contribution in [1.82, 2.24) is 10.2 Å². The standard InChI is InChI=1S/C30H28N4O4S/c35-28(23-8-14-26(15-9-23)38-21-22-5-2-1-3-6-22)32-30(39)31-24-10-12-25(13-11-24)33-16-18-34(19-17-33)29(36)27-7-4-20-37-27/h1-15,20H,16-19,21H2,(H2,31,32,35,39). The third kappa shape index (κ3) is 6.82. The van der Waals surface area contributed by atoms with E-state index < -0.39 is 0 Å².